The summed E-state index contributed by atoms with van der Waals surface area (Å²) in [5.41, 5.74) is 5.87. The van der Waals surface area contributed by atoms with E-state index in [9.17, 15) is 4.79 Å². The van der Waals surface area contributed by atoms with Gasteiger partial charge in [0, 0.05) is 19.7 Å². The van der Waals surface area contributed by atoms with Gasteiger partial charge < -0.3 is 15.8 Å². The van der Waals surface area contributed by atoms with Crippen molar-refractivity contribution in [3.8, 4) is 0 Å². The molecule has 0 fully saturated rings. The molecule has 1 unspecified atom stereocenters. The number of nitrogens with two attached hydrogens (primary N) is 1. The lowest BCUT2D eigenvalue weighted by atomic mass is 10.0. The molecule has 0 aliphatic carbocycles. The topological polar surface area (TPSA) is 82.2 Å². The lowest BCUT2D eigenvalue weighted by Gasteiger charge is -2.22. The van der Waals surface area contributed by atoms with Crippen LogP contribution in [0.3, 0.4) is 0 Å². The molecule has 108 valence electrons. The molecular formula is C12H21ClN4O2. The van der Waals surface area contributed by atoms with Gasteiger partial charge in [0.15, 0.2) is 0 Å². The van der Waals surface area contributed by atoms with Crippen molar-refractivity contribution < 1.29 is 4.74 Å². The smallest absolute Gasteiger partial charge is 0.287 e. The molecule has 0 saturated heterocycles. The number of nitrogens with zero attached hydrogens (tertiary/aromatic N) is 2. The number of aromatic nitrogens is 2. The zero-order valence-corrected chi connectivity index (χ0v) is 12.3. The third kappa shape index (κ3) is 4.19. The summed E-state index contributed by atoms with van der Waals surface area (Å²) in [6, 6.07) is 0.0496. The van der Waals surface area contributed by atoms with E-state index in [2.05, 4.69) is 10.4 Å². The second-order valence-electron chi connectivity index (χ2n) is 4.62. The average molecular weight is 289 g/mol. The first-order valence-electron chi connectivity index (χ1n) is 6.22. The van der Waals surface area contributed by atoms with E-state index in [-0.39, 0.29) is 16.6 Å². The van der Waals surface area contributed by atoms with E-state index in [1.807, 2.05) is 13.8 Å². The number of rotatable bonds is 7. The lowest BCUT2D eigenvalue weighted by Crippen LogP contribution is -2.35. The average Bonchev–Trinajstić information content (AvgIpc) is 2.39. The zero-order valence-electron chi connectivity index (χ0n) is 11.5. The summed E-state index contributed by atoms with van der Waals surface area (Å²) in [5, 5.41) is 7.35. The molecule has 0 aliphatic rings. The van der Waals surface area contributed by atoms with Crippen LogP contribution in [0, 0.1) is 5.92 Å². The highest BCUT2D eigenvalue weighted by Crippen LogP contribution is 2.18. The molecule has 1 aromatic heterocycles. The first kappa shape index (κ1) is 15.9. The van der Waals surface area contributed by atoms with E-state index in [0.29, 0.717) is 31.3 Å². The molecule has 7 heteroatoms. The van der Waals surface area contributed by atoms with Gasteiger partial charge in [-0.15, -0.1) is 0 Å². The van der Waals surface area contributed by atoms with Crippen LogP contribution < -0.4 is 16.6 Å². The minimum atomic E-state index is -0.330. The van der Waals surface area contributed by atoms with Crippen LogP contribution in [0.5, 0.6) is 0 Å². The summed E-state index contributed by atoms with van der Waals surface area (Å²) in [7, 11) is 1.57. The Labute approximate surface area is 117 Å². The van der Waals surface area contributed by atoms with Gasteiger partial charge in [-0.3, -0.25) is 4.79 Å². The number of ether oxygens (including phenoxy) is 1. The Morgan fingerprint density at radius 1 is 1.58 bits per heavy atom. The second-order valence-corrected chi connectivity index (χ2v) is 5.00. The van der Waals surface area contributed by atoms with Gasteiger partial charge in [0.2, 0.25) is 0 Å². The van der Waals surface area contributed by atoms with Gasteiger partial charge in [0.25, 0.3) is 5.56 Å². The summed E-state index contributed by atoms with van der Waals surface area (Å²) in [4.78, 5) is 12.0. The molecule has 0 aromatic carbocycles. The maximum Gasteiger partial charge on any atom is 0.287 e. The predicted octanol–water partition coefficient (Wildman–Crippen LogP) is 0.938. The Hall–Kier alpha value is -1.11. The van der Waals surface area contributed by atoms with Crippen LogP contribution in [0.1, 0.15) is 13.8 Å². The number of hydrogen-bond donors (Lipinski definition) is 2. The molecule has 1 heterocycles. The van der Waals surface area contributed by atoms with Crippen LogP contribution >= 0.6 is 11.6 Å². The summed E-state index contributed by atoms with van der Waals surface area (Å²) >= 11 is 6.07. The highest BCUT2D eigenvalue weighted by molar-refractivity contribution is 6.32. The summed E-state index contributed by atoms with van der Waals surface area (Å²) in [5.74, 6) is 0.331. The number of nitrogens with one attached hydrogen (secondary N) is 1. The Bertz CT molecular complexity index is 462. The van der Waals surface area contributed by atoms with Crippen molar-refractivity contribution in [2.75, 3.05) is 25.6 Å². The van der Waals surface area contributed by atoms with Gasteiger partial charge in [-0.05, 0) is 5.92 Å². The van der Waals surface area contributed by atoms with Crippen LogP contribution in [0.15, 0.2) is 11.0 Å². The van der Waals surface area contributed by atoms with E-state index >= 15 is 0 Å². The van der Waals surface area contributed by atoms with Gasteiger partial charge in [-0.1, -0.05) is 25.4 Å². The standard InChI is InChI=1S/C12H21ClN4O2/c1-8(2)9(6-14)16-10-7-15-17(4-5-19-3)12(18)11(10)13/h7-9,16H,4-6,14H2,1-3H3. The van der Waals surface area contributed by atoms with Gasteiger partial charge in [0.05, 0.1) is 25.0 Å². The molecule has 0 amide bonds. The highest BCUT2D eigenvalue weighted by atomic mass is 35.5. The van der Waals surface area contributed by atoms with E-state index in [1.165, 1.54) is 4.68 Å². The van der Waals surface area contributed by atoms with E-state index in [0.717, 1.165) is 0 Å². The minimum Gasteiger partial charge on any atom is -0.383 e. The van der Waals surface area contributed by atoms with E-state index < -0.39 is 0 Å². The minimum absolute atomic E-state index is 0.0496. The van der Waals surface area contributed by atoms with Crippen molar-refractivity contribution >= 4 is 17.3 Å². The van der Waals surface area contributed by atoms with Crippen molar-refractivity contribution in [1.82, 2.24) is 9.78 Å². The molecular weight excluding hydrogens is 268 g/mol. The quantitative estimate of drug-likeness (QED) is 0.780. The first-order valence-corrected chi connectivity index (χ1v) is 6.60. The molecule has 3 N–H and O–H groups in total. The number of anilines is 1. The fraction of sp³-hybridized carbons (Fsp3) is 0.667. The number of hydrogen-bond acceptors (Lipinski definition) is 5. The van der Waals surface area contributed by atoms with E-state index in [1.54, 1.807) is 13.3 Å². The van der Waals surface area contributed by atoms with Crippen molar-refractivity contribution in [2.24, 2.45) is 11.7 Å². The number of halogens is 1. The van der Waals surface area contributed by atoms with Crippen LogP contribution in [0.2, 0.25) is 5.02 Å². The molecule has 6 nitrogen and oxygen atoms in total. The first-order chi connectivity index (χ1) is 9.01. The SMILES string of the molecule is COCCn1ncc(NC(CN)C(C)C)c(Cl)c1=O. The highest BCUT2D eigenvalue weighted by Gasteiger charge is 2.15. The summed E-state index contributed by atoms with van der Waals surface area (Å²) in [6.45, 7) is 5.34. The molecule has 0 spiro atoms. The van der Waals surface area contributed by atoms with Gasteiger partial charge >= 0.3 is 0 Å². The van der Waals surface area contributed by atoms with Gasteiger partial charge in [-0.25, -0.2) is 4.68 Å². The normalized spacial score (nSPS) is 12.7. The Morgan fingerprint density at radius 3 is 2.79 bits per heavy atom. The molecule has 0 bridgehead atoms. The molecule has 0 radical (unpaired) electrons. The van der Waals surface area contributed by atoms with Crippen molar-refractivity contribution in [2.45, 2.75) is 26.4 Å². The largest absolute Gasteiger partial charge is 0.383 e. The van der Waals surface area contributed by atoms with Gasteiger partial charge in [0.1, 0.15) is 5.02 Å². The molecule has 1 rings (SSSR count). The number of methoxy groups -OCH3 is 1. The maximum absolute atomic E-state index is 12.0. The fourth-order valence-electron chi connectivity index (χ4n) is 1.60. The van der Waals surface area contributed by atoms with Crippen LogP contribution in [-0.4, -0.2) is 36.1 Å². The van der Waals surface area contributed by atoms with Crippen LogP contribution in [0.4, 0.5) is 5.69 Å². The monoisotopic (exact) mass is 288 g/mol. The Balaban J connectivity index is 2.93. The zero-order chi connectivity index (χ0) is 14.4. The predicted molar refractivity (Wildman–Crippen MR) is 76.7 cm³/mol. The van der Waals surface area contributed by atoms with Crippen molar-refractivity contribution in [1.29, 1.82) is 0 Å². The van der Waals surface area contributed by atoms with Crippen LogP contribution in [-0.2, 0) is 11.3 Å². The van der Waals surface area contributed by atoms with Crippen molar-refractivity contribution in [3.63, 3.8) is 0 Å². The summed E-state index contributed by atoms with van der Waals surface area (Å²) < 4.78 is 6.19. The summed E-state index contributed by atoms with van der Waals surface area (Å²) in [6.07, 6.45) is 1.55. The molecule has 0 saturated carbocycles. The molecule has 1 atom stereocenters. The third-order valence-electron chi connectivity index (χ3n) is 2.89. The lowest BCUT2D eigenvalue weighted by molar-refractivity contribution is 0.182. The Kier molecular flexibility index (Phi) is 6.27. The van der Waals surface area contributed by atoms with Gasteiger partial charge in [-0.2, -0.15) is 5.10 Å². The molecule has 1 aromatic rings. The van der Waals surface area contributed by atoms with E-state index in [4.69, 9.17) is 22.1 Å². The Morgan fingerprint density at radius 2 is 2.26 bits per heavy atom. The molecule has 0 aliphatic heterocycles. The van der Waals surface area contributed by atoms with Crippen molar-refractivity contribution in [3.05, 3.63) is 21.6 Å². The third-order valence-corrected chi connectivity index (χ3v) is 3.26. The molecule has 19 heavy (non-hydrogen) atoms. The van der Waals surface area contributed by atoms with Crippen LogP contribution in [0.25, 0.3) is 0 Å². The fourth-order valence-corrected chi connectivity index (χ4v) is 1.80. The second kappa shape index (κ2) is 7.47. The maximum atomic E-state index is 12.0.